The van der Waals surface area contributed by atoms with E-state index < -0.39 is 0 Å². The summed E-state index contributed by atoms with van der Waals surface area (Å²) >= 11 is 6.10. The number of nitrogens with one attached hydrogen (secondary N) is 1. The highest BCUT2D eigenvalue weighted by Crippen LogP contribution is 2.40. The van der Waals surface area contributed by atoms with Crippen molar-refractivity contribution in [1.29, 1.82) is 0 Å². The molecule has 0 spiro atoms. The smallest absolute Gasteiger partial charge is 0.287 e. The van der Waals surface area contributed by atoms with Crippen LogP contribution in [0.5, 0.6) is 0 Å². The Hall–Kier alpha value is -1.03. The number of aromatic nitrogens is 2. The maximum absolute atomic E-state index is 12.0. The van der Waals surface area contributed by atoms with Crippen LogP contribution in [0.2, 0.25) is 5.02 Å². The van der Waals surface area contributed by atoms with Gasteiger partial charge in [-0.2, -0.15) is 5.10 Å². The van der Waals surface area contributed by atoms with Gasteiger partial charge in [0.1, 0.15) is 5.02 Å². The van der Waals surface area contributed by atoms with Crippen molar-refractivity contribution >= 4 is 17.3 Å². The first-order valence-electron chi connectivity index (χ1n) is 6.44. The standard InChI is InChI=1S/C13H20ClN3O/c1-9(2)17-12(18)11(14)10(7-16-17)15-8-13(3)5-4-6-13/h7,9,15H,4-6,8H2,1-3H3. The molecule has 1 aromatic heterocycles. The Morgan fingerprint density at radius 1 is 1.56 bits per heavy atom. The Kier molecular flexibility index (Phi) is 3.66. The van der Waals surface area contributed by atoms with E-state index in [9.17, 15) is 4.79 Å². The SMILES string of the molecule is CC(C)n1ncc(NCC2(C)CCC2)c(Cl)c1=O. The van der Waals surface area contributed by atoms with E-state index in [1.807, 2.05) is 13.8 Å². The van der Waals surface area contributed by atoms with E-state index in [0.717, 1.165) is 6.54 Å². The summed E-state index contributed by atoms with van der Waals surface area (Å²) in [6.07, 6.45) is 5.40. The topological polar surface area (TPSA) is 46.9 Å². The summed E-state index contributed by atoms with van der Waals surface area (Å²) < 4.78 is 1.40. The molecule has 1 aliphatic carbocycles. The average Bonchev–Trinajstić information content (AvgIpc) is 2.28. The number of rotatable bonds is 4. The van der Waals surface area contributed by atoms with Gasteiger partial charge in [-0.05, 0) is 32.1 Å². The van der Waals surface area contributed by atoms with Crippen molar-refractivity contribution < 1.29 is 0 Å². The Bertz CT molecular complexity index is 491. The molecule has 0 atom stereocenters. The van der Waals surface area contributed by atoms with Gasteiger partial charge >= 0.3 is 0 Å². The first kappa shape index (κ1) is 13.4. The number of hydrogen-bond acceptors (Lipinski definition) is 3. The molecule has 1 fully saturated rings. The molecule has 0 aromatic carbocycles. The summed E-state index contributed by atoms with van der Waals surface area (Å²) in [7, 11) is 0. The normalized spacial score (nSPS) is 17.6. The van der Waals surface area contributed by atoms with E-state index in [1.165, 1.54) is 23.9 Å². The lowest BCUT2D eigenvalue weighted by Crippen LogP contribution is -2.34. The van der Waals surface area contributed by atoms with Crippen LogP contribution in [0.25, 0.3) is 0 Å². The fourth-order valence-corrected chi connectivity index (χ4v) is 2.40. The van der Waals surface area contributed by atoms with Crippen LogP contribution in [-0.4, -0.2) is 16.3 Å². The minimum atomic E-state index is -0.226. The summed E-state index contributed by atoms with van der Waals surface area (Å²) in [5.41, 5.74) is 0.762. The van der Waals surface area contributed by atoms with Crippen LogP contribution < -0.4 is 10.9 Å². The van der Waals surface area contributed by atoms with E-state index in [1.54, 1.807) is 6.20 Å². The molecule has 0 radical (unpaired) electrons. The summed E-state index contributed by atoms with van der Waals surface area (Å²) in [6.45, 7) is 6.92. The highest BCUT2D eigenvalue weighted by Gasteiger charge is 2.31. The van der Waals surface area contributed by atoms with Gasteiger partial charge in [0.25, 0.3) is 5.56 Å². The van der Waals surface area contributed by atoms with Crippen LogP contribution in [0.15, 0.2) is 11.0 Å². The van der Waals surface area contributed by atoms with Crippen LogP contribution in [0, 0.1) is 5.41 Å². The van der Waals surface area contributed by atoms with Gasteiger partial charge in [-0.1, -0.05) is 24.9 Å². The molecule has 0 saturated heterocycles. The summed E-state index contributed by atoms with van der Waals surface area (Å²) in [5, 5.41) is 7.63. The quantitative estimate of drug-likeness (QED) is 0.914. The Morgan fingerprint density at radius 2 is 2.22 bits per heavy atom. The van der Waals surface area contributed by atoms with Gasteiger partial charge in [0.15, 0.2) is 0 Å². The van der Waals surface area contributed by atoms with Gasteiger partial charge in [0, 0.05) is 6.54 Å². The van der Waals surface area contributed by atoms with Gasteiger partial charge in [-0.3, -0.25) is 4.79 Å². The van der Waals surface area contributed by atoms with E-state index in [4.69, 9.17) is 11.6 Å². The fraction of sp³-hybridized carbons (Fsp3) is 0.692. The first-order valence-corrected chi connectivity index (χ1v) is 6.82. The molecule has 1 saturated carbocycles. The molecule has 100 valence electrons. The Labute approximate surface area is 112 Å². The van der Waals surface area contributed by atoms with Crippen molar-refractivity contribution in [2.75, 3.05) is 11.9 Å². The lowest BCUT2D eigenvalue weighted by atomic mass is 9.70. The molecular weight excluding hydrogens is 250 g/mol. The minimum Gasteiger partial charge on any atom is -0.382 e. The minimum absolute atomic E-state index is 0.0215. The predicted molar refractivity (Wildman–Crippen MR) is 74.3 cm³/mol. The largest absolute Gasteiger partial charge is 0.382 e. The number of hydrogen-bond donors (Lipinski definition) is 1. The maximum Gasteiger partial charge on any atom is 0.287 e. The molecule has 2 rings (SSSR count). The van der Waals surface area contributed by atoms with Crippen molar-refractivity contribution in [2.45, 2.75) is 46.1 Å². The zero-order chi connectivity index (χ0) is 13.3. The van der Waals surface area contributed by atoms with Gasteiger partial charge in [-0.25, -0.2) is 4.68 Å². The second-order valence-corrected chi connectivity index (χ2v) is 6.11. The summed E-state index contributed by atoms with van der Waals surface area (Å²) in [6, 6.07) is 0.0215. The van der Waals surface area contributed by atoms with Crippen LogP contribution in [0.4, 0.5) is 5.69 Å². The number of anilines is 1. The molecule has 0 unspecified atom stereocenters. The van der Waals surface area contributed by atoms with E-state index in [0.29, 0.717) is 11.1 Å². The van der Waals surface area contributed by atoms with Gasteiger partial charge in [-0.15, -0.1) is 0 Å². The highest BCUT2D eigenvalue weighted by atomic mass is 35.5. The lowest BCUT2D eigenvalue weighted by molar-refractivity contribution is 0.180. The Morgan fingerprint density at radius 3 is 2.72 bits per heavy atom. The fourth-order valence-electron chi connectivity index (χ4n) is 2.20. The molecule has 4 nitrogen and oxygen atoms in total. The van der Waals surface area contributed by atoms with Crippen molar-refractivity contribution in [3.05, 3.63) is 21.6 Å². The Balaban J connectivity index is 2.14. The van der Waals surface area contributed by atoms with Crippen LogP contribution in [0.3, 0.4) is 0 Å². The van der Waals surface area contributed by atoms with Gasteiger partial charge in [0.2, 0.25) is 0 Å². The predicted octanol–water partition coefficient (Wildman–Crippen LogP) is 3.08. The van der Waals surface area contributed by atoms with Crippen molar-refractivity contribution in [3.8, 4) is 0 Å². The maximum atomic E-state index is 12.0. The first-order chi connectivity index (χ1) is 8.43. The number of halogens is 1. The highest BCUT2D eigenvalue weighted by molar-refractivity contribution is 6.32. The zero-order valence-electron chi connectivity index (χ0n) is 11.2. The number of nitrogens with zero attached hydrogens (tertiary/aromatic N) is 2. The molecule has 5 heteroatoms. The molecule has 1 N–H and O–H groups in total. The third-order valence-corrected chi connectivity index (χ3v) is 4.06. The molecule has 1 aliphatic rings. The van der Waals surface area contributed by atoms with E-state index in [2.05, 4.69) is 17.3 Å². The zero-order valence-corrected chi connectivity index (χ0v) is 11.9. The second-order valence-electron chi connectivity index (χ2n) is 5.73. The molecule has 0 aliphatic heterocycles. The molecular formula is C13H20ClN3O. The molecule has 18 heavy (non-hydrogen) atoms. The van der Waals surface area contributed by atoms with Gasteiger partial charge in [0.05, 0.1) is 17.9 Å². The molecule has 0 bridgehead atoms. The van der Waals surface area contributed by atoms with Crippen molar-refractivity contribution in [3.63, 3.8) is 0 Å². The molecule has 1 heterocycles. The second kappa shape index (κ2) is 4.92. The van der Waals surface area contributed by atoms with E-state index >= 15 is 0 Å². The van der Waals surface area contributed by atoms with Crippen molar-refractivity contribution in [1.82, 2.24) is 9.78 Å². The molecule has 0 amide bonds. The van der Waals surface area contributed by atoms with Crippen LogP contribution in [-0.2, 0) is 0 Å². The van der Waals surface area contributed by atoms with Crippen LogP contribution >= 0.6 is 11.6 Å². The van der Waals surface area contributed by atoms with E-state index in [-0.39, 0.29) is 16.6 Å². The van der Waals surface area contributed by atoms with Crippen molar-refractivity contribution in [2.24, 2.45) is 5.41 Å². The van der Waals surface area contributed by atoms with Gasteiger partial charge < -0.3 is 5.32 Å². The third-order valence-electron chi connectivity index (χ3n) is 3.70. The average molecular weight is 270 g/mol. The summed E-state index contributed by atoms with van der Waals surface area (Å²) in [5.74, 6) is 0. The van der Waals surface area contributed by atoms with Crippen LogP contribution in [0.1, 0.15) is 46.1 Å². The third kappa shape index (κ3) is 2.53. The summed E-state index contributed by atoms with van der Waals surface area (Å²) in [4.78, 5) is 12.0. The molecule has 1 aromatic rings. The lowest BCUT2D eigenvalue weighted by Gasteiger charge is -2.38. The monoisotopic (exact) mass is 269 g/mol.